The van der Waals surface area contributed by atoms with Crippen LogP contribution in [0.4, 0.5) is 4.79 Å². The zero-order valence-corrected chi connectivity index (χ0v) is 13.6. The molecule has 0 spiro atoms. The summed E-state index contributed by atoms with van der Waals surface area (Å²) in [7, 11) is -1.50. The monoisotopic (exact) mass is 309 g/mol. The quantitative estimate of drug-likeness (QED) is 0.774. The minimum Gasteiger partial charge on any atom is -0.444 e. The van der Waals surface area contributed by atoms with E-state index < -0.39 is 12.7 Å². The Hall–Kier alpha value is -1.54. The van der Waals surface area contributed by atoms with Crippen molar-refractivity contribution in [2.75, 3.05) is 13.1 Å². The first-order chi connectivity index (χ1) is 10.2. The highest BCUT2D eigenvalue weighted by atomic mass is 16.6. The second-order valence-corrected chi connectivity index (χ2v) is 6.70. The van der Waals surface area contributed by atoms with Crippen molar-refractivity contribution >= 4 is 18.7 Å². The van der Waals surface area contributed by atoms with Crippen molar-refractivity contribution in [1.29, 1.82) is 0 Å². The number of nitrogens with zero attached hydrogens (tertiary/aromatic N) is 3. The summed E-state index contributed by atoms with van der Waals surface area (Å²) >= 11 is 0. The maximum atomic E-state index is 12.0. The molecule has 2 heterocycles. The van der Waals surface area contributed by atoms with Crippen LogP contribution in [0.25, 0.3) is 0 Å². The minimum absolute atomic E-state index is 0.159. The maximum absolute atomic E-state index is 12.0. The third kappa shape index (κ3) is 3.81. The molecule has 1 saturated heterocycles. The summed E-state index contributed by atoms with van der Waals surface area (Å²) < 4.78 is 7.20. The van der Waals surface area contributed by atoms with Crippen LogP contribution >= 0.6 is 0 Å². The van der Waals surface area contributed by atoms with E-state index in [0.717, 1.165) is 18.5 Å². The Morgan fingerprint density at radius 3 is 2.41 bits per heavy atom. The number of rotatable bonds is 2. The number of amides is 1. The summed E-state index contributed by atoms with van der Waals surface area (Å²) in [6, 6.07) is 0.159. The van der Waals surface area contributed by atoms with Crippen molar-refractivity contribution in [3.05, 3.63) is 11.9 Å². The van der Waals surface area contributed by atoms with Gasteiger partial charge in [-0.1, -0.05) is 0 Å². The van der Waals surface area contributed by atoms with E-state index in [2.05, 4.69) is 5.10 Å². The van der Waals surface area contributed by atoms with Crippen LogP contribution in [0.1, 0.15) is 45.3 Å². The molecule has 1 amide bonds. The van der Waals surface area contributed by atoms with Crippen LogP contribution in [0, 0.1) is 6.92 Å². The third-order valence-corrected chi connectivity index (χ3v) is 3.82. The van der Waals surface area contributed by atoms with Gasteiger partial charge in [0.05, 0.1) is 6.04 Å². The molecule has 0 saturated carbocycles. The SMILES string of the molecule is Cc1c(B(O)O)cnn1C1CCN(C(=O)OC(C)(C)C)CC1. The van der Waals surface area contributed by atoms with Crippen LogP contribution in [0.5, 0.6) is 0 Å². The molecule has 122 valence electrons. The Balaban J connectivity index is 1.96. The number of piperidine rings is 1. The minimum atomic E-state index is -1.50. The number of aromatic nitrogens is 2. The second kappa shape index (κ2) is 6.30. The van der Waals surface area contributed by atoms with Crippen molar-refractivity contribution in [3.8, 4) is 0 Å². The summed E-state index contributed by atoms with van der Waals surface area (Å²) in [4.78, 5) is 13.7. The highest BCUT2D eigenvalue weighted by Crippen LogP contribution is 2.24. The Labute approximate surface area is 131 Å². The van der Waals surface area contributed by atoms with Gasteiger partial charge in [-0.05, 0) is 40.5 Å². The number of ether oxygens (including phenoxy) is 1. The molecule has 22 heavy (non-hydrogen) atoms. The van der Waals surface area contributed by atoms with E-state index in [9.17, 15) is 14.8 Å². The maximum Gasteiger partial charge on any atom is 0.491 e. The van der Waals surface area contributed by atoms with Gasteiger partial charge in [0.1, 0.15) is 5.60 Å². The van der Waals surface area contributed by atoms with E-state index in [0.29, 0.717) is 18.6 Å². The zero-order chi connectivity index (χ0) is 16.5. The molecule has 0 radical (unpaired) electrons. The van der Waals surface area contributed by atoms with E-state index >= 15 is 0 Å². The fraction of sp³-hybridized carbons (Fsp3) is 0.714. The standard InChI is InChI=1S/C14H24BN3O4/c1-10-12(15(20)21)9-16-18(10)11-5-7-17(8-6-11)13(19)22-14(2,3)4/h9,11,20-21H,5-8H2,1-4H3. The number of hydrogen-bond donors (Lipinski definition) is 2. The molecule has 1 aromatic heterocycles. The summed E-state index contributed by atoms with van der Waals surface area (Å²) in [6.45, 7) is 8.60. The summed E-state index contributed by atoms with van der Waals surface area (Å²) in [6.07, 6.45) is 2.74. The molecule has 0 bridgehead atoms. The molecular weight excluding hydrogens is 285 g/mol. The molecule has 2 rings (SSSR count). The number of likely N-dealkylation sites (tertiary alicyclic amines) is 1. The Morgan fingerprint density at radius 1 is 1.36 bits per heavy atom. The molecule has 1 aromatic rings. The number of carbonyl (C=O) groups excluding carboxylic acids is 1. The molecule has 0 atom stereocenters. The lowest BCUT2D eigenvalue weighted by Crippen LogP contribution is -2.42. The van der Waals surface area contributed by atoms with Gasteiger partial charge in [-0.25, -0.2) is 4.79 Å². The van der Waals surface area contributed by atoms with E-state index in [1.165, 1.54) is 6.20 Å². The smallest absolute Gasteiger partial charge is 0.444 e. The average Bonchev–Trinajstić information content (AvgIpc) is 2.79. The van der Waals surface area contributed by atoms with Gasteiger partial charge in [0.15, 0.2) is 0 Å². The van der Waals surface area contributed by atoms with Crippen molar-refractivity contribution in [2.45, 2.75) is 52.2 Å². The van der Waals surface area contributed by atoms with Gasteiger partial charge in [0.2, 0.25) is 0 Å². The lowest BCUT2D eigenvalue weighted by Gasteiger charge is -2.33. The highest BCUT2D eigenvalue weighted by Gasteiger charge is 2.29. The van der Waals surface area contributed by atoms with Crippen LogP contribution < -0.4 is 5.46 Å². The summed E-state index contributed by atoms with van der Waals surface area (Å²) in [5.41, 5.74) is 0.693. The van der Waals surface area contributed by atoms with Crippen molar-refractivity contribution < 1.29 is 19.6 Å². The van der Waals surface area contributed by atoms with Crippen LogP contribution in [0.3, 0.4) is 0 Å². The van der Waals surface area contributed by atoms with E-state index in [1.807, 2.05) is 32.4 Å². The van der Waals surface area contributed by atoms with E-state index in [4.69, 9.17) is 4.74 Å². The van der Waals surface area contributed by atoms with Crippen LogP contribution in [-0.2, 0) is 4.74 Å². The lowest BCUT2D eigenvalue weighted by molar-refractivity contribution is 0.0184. The molecule has 8 heteroatoms. The Kier molecular flexibility index (Phi) is 4.82. The fourth-order valence-corrected chi connectivity index (χ4v) is 2.68. The van der Waals surface area contributed by atoms with Gasteiger partial charge in [0, 0.05) is 30.4 Å². The van der Waals surface area contributed by atoms with E-state index in [-0.39, 0.29) is 12.1 Å². The number of hydrogen-bond acceptors (Lipinski definition) is 5. The summed E-state index contributed by atoms with van der Waals surface area (Å²) in [5, 5.41) is 22.8. The Bertz CT molecular complexity index is 531. The largest absolute Gasteiger partial charge is 0.491 e. The Morgan fingerprint density at radius 2 is 1.95 bits per heavy atom. The van der Waals surface area contributed by atoms with Gasteiger partial charge in [-0.3, -0.25) is 4.68 Å². The molecular formula is C14H24BN3O4. The molecule has 0 aliphatic carbocycles. The predicted molar refractivity (Wildman–Crippen MR) is 82.9 cm³/mol. The van der Waals surface area contributed by atoms with E-state index in [1.54, 1.807) is 4.90 Å². The molecule has 1 fully saturated rings. The molecule has 2 N–H and O–H groups in total. The first kappa shape index (κ1) is 16.8. The van der Waals surface area contributed by atoms with Crippen molar-refractivity contribution in [1.82, 2.24) is 14.7 Å². The third-order valence-electron chi connectivity index (χ3n) is 3.82. The van der Waals surface area contributed by atoms with Gasteiger partial charge in [0.25, 0.3) is 0 Å². The molecule has 1 aliphatic heterocycles. The normalized spacial score (nSPS) is 16.7. The topological polar surface area (TPSA) is 87.8 Å². The molecule has 0 unspecified atom stereocenters. The molecule has 7 nitrogen and oxygen atoms in total. The summed E-state index contributed by atoms with van der Waals surface area (Å²) in [5.74, 6) is 0. The van der Waals surface area contributed by atoms with Crippen LogP contribution in [0.2, 0.25) is 0 Å². The zero-order valence-electron chi connectivity index (χ0n) is 13.6. The molecule has 0 aromatic carbocycles. The fourth-order valence-electron chi connectivity index (χ4n) is 2.68. The first-order valence-corrected chi connectivity index (χ1v) is 7.57. The van der Waals surface area contributed by atoms with Crippen LogP contribution in [0.15, 0.2) is 6.20 Å². The van der Waals surface area contributed by atoms with Gasteiger partial charge in [-0.2, -0.15) is 5.10 Å². The van der Waals surface area contributed by atoms with Gasteiger partial charge >= 0.3 is 13.2 Å². The lowest BCUT2D eigenvalue weighted by atomic mass is 9.81. The molecule has 1 aliphatic rings. The van der Waals surface area contributed by atoms with Crippen LogP contribution in [-0.4, -0.2) is 56.6 Å². The van der Waals surface area contributed by atoms with Gasteiger partial charge < -0.3 is 19.7 Å². The average molecular weight is 309 g/mol. The van der Waals surface area contributed by atoms with Gasteiger partial charge in [-0.15, -0.1) is 0 Å². The number of carbonyl (C=O) groups is 1. The second-order valence-electron chi connectivity index (χ2n) is 6.70. The highest BCUT2D eigenvalue weighted by molar-refractivity contribution is 6.59. The van der Waals surface area contributed by atoms with Crippen molar-refractivity contribution in [2.24, 2.45) is 0 Å². The first-order valence-electron chi connectivity index (χ1n) is 7.57. The van der Waals surface area contributed by atoms with Crippen molar-refractivity contribution in [3.63, 3.8) is 0 Å². The predicted octanol–water partition coefficient (Wildman–Crippen LogP) is 0.443.